The molecule has 12 nitrogen and oxygen atoms in total. The summed E-state index contributed by atoms with van der Waals surface area (Å²) in [6, 6.07) is 11.7. The van der Waals surface area contributed by atoms with Crippen LogP contribution in [0.25, 0.3) is 0 Å². The van der Waals surface area contributed by atoms with Crippen LogP contribution < -0.4 is 21.7 Å². The number of nitrogens with two attached hydrogens (primary N) is 1. The number of aryl methyl sites for hydroxylation is 1. The first-order valence-corrected chi connectivity index (χ1v) is 17.6. The van der Waals surface area contributed by atoms with Crippen LogP contribution in [0.15, 0.2) is 54.6 Å². The molecule has 1 fully saturated rings. The zero-order chi connectivity index (χ0) is 37.5. The first-order chi connectivity index (χ1) is 24.1. The molecule has 0 spiro atoms. The minimum absolute atomic E-state index is 0.00647. The molecular formula is C38H49ClN4O8. The molecule has 2 aromatic rings. The largest absolute Gasteiger partial charge is 0.459 e. The second-order valence-corrected chi connectivity index (χ2v) is 14.7. The van der Waals surface area contributed by atoms with Crippen LogP contribution in [0.1, 0.15) is 70.3 Å². The number of nitrogens with one attached hydrogen (secondary N) is 3. The Labute approximate surface area is 304 Å². The summed E-state index contributed by atoms with van der Waals surface area (Å²) >= 11 is 6.34. The number of carbonyl (C=O) groups excluding carboxylic acids is 5. The van der Waals surface area contributed by atoms with Crippen molar-refractivity contribution in [3.8, 4) is 0 Å². The minimum Gasteiger partial charge on any atom is -0.459 e. The molecule has 13 heteroatoms. The van der Waals surface area contributed by atoms with Crippen molar-refractivity contribution in [1.82, 2.24) is 10.6 Å². The van der Waals surface area contributed by atoms with Crippen LogP contribution in [-0.4, -0.2) is 67.1 Å². The van der Waals surface area contributed by atoms with Crippen LogP contribution in [0.3, 0.4) is 0 Å². The van der Waals surface area contributed by atoms with E-state index in [1.807, 2.05) is 52.0 Å². The second kappa shape index (κ2) is 17.3. The molecule has 0 aliphatic carbocycles. The van der Waals surface area contributed by atoms with E-state index in [9.17, 15) is 24.0 Å². The molecule has 0 saturated carbocycles. The van der Waals surface area contributed by atoms with Gasteiger partial charge in [0, 0.05) is 36.0 Å². The molecule has 0 bridgehead atoms. The van der Waals surface area contributed by atoms with E-state index in [0.717, 1.165) is 16.7 Å². The van der Waals surface area contributed by atoms with E-state index in [1.54, 1.807) is 38.1 Å². The van der Waals surface area contributed by atoms with Crippen molar-refractivity contribution in [2.24, 2.45) is 23.0 Å². The average molecular weight is 725 g/mol. The lowest BCUT2D eigenvalue weighted by Crippen LogP contribution is -2.51. The number of cyclic esters (lactones) is 2. The summed E-state index contributed by atoms with van der Waals surface area (Å²) < 4.78 is 17.9. The van der Waals surface area contributed by atoms with Crippen molar-refractivity contribution in [3.05, 3.63) is 76.3 Å². The zero-order valence-electron chi connectivity index (χ0n) is 30.0. The summed E-state index contributed by atoms with van der Waals surface area (Å²) in [7, 11) is 0. The number of halogens is 1. The Morgan fingerprint density at radius 2 is 1.76 bits per heavy atom. The normalized spacial score (nSPS) is 25.5. The first kappa shape index (κ1) is 39.5. The van der Waals surface area contributed by atoms with E-state index < -0.39 is 47.4 Å². The number of carbonyl (C=O) groups is 5. The smallest absolute Gasteiger partial charge is 0.347 e. The number of anilines is 1. The molecule has 0 radical (unpaired) electrons. The Kier molecular flexibility index (Phi) is 13.4. The molecular weight excluding hydrogens is 676 g/mol. The van der Waals surface area contributed by atoms with Gasteiger partial charge in [-0.05, 0) is 74.1 Å². The van der Waals surface area contributed by atoms with Crippen molar-refractivity contribution in [1.29, 1.82) is 0 Å². The number of esters is 2. The molecule has 5 N–H and O–H groups in total. The van der Waals surface area contributed by atoms with Crippen LogP contribution in [0.5, 0.6) is 0 Å². The van der Waals surface area contributed by atoms with Gasteiger partial charge in [-0.1, -0.05) is 62.7 Å². The SMILES string of the molecule is Cc1ccc(CC2NC(=O)/C=C/CC(C(C)C3OC3c3ccc(NC(=O)CN)cc3)OC(=O)C(CC(C)C)OC(=O)C(C)(C)CNC2=O)cc1Cl. The maximum atomic E-state index is 13.7. The van der Waals surface area contributed by atoms with Gasteiger partial charge < -0.3 is 35.9 Å². The van der Waals surface area contributed by atoms with Crippen LogP contribution in [0.4, 0.5) is 5.69 Å². The molecule has 6 unspecified atom stereocenters. The molecule has 3 amide bonds. The van der Waals surface area contributed by atoms with Crippen LogP contribution in [0.2, 0.25) is 5.02 Å². The fraction of sp³-hybridized carbons (Fsp3) is 0.500. The third-order valence-electron chi connectivity index (χ3n) is 9.01. The van der Waals surface area contributed by atoms with E-state index in [1.165, 1.54) is 6.08 Å². The zero-order valence-corrected chi connectivity index (χ0v) is 30.8. The van der Waals surface area contributed by atoms with E-state index in [2.05, 4.69) is 16.0 Å². The molecule has 4 rings (SSSR count). The number of ether oxygens (including phenoxy) is 3. The highest BCUT2D eigenvalue weighted by molar-refractivity contribution is 6.31. The molecule has 1 saturated heterocycles. The Balaban J connectivity index is 1.58. The molecule has 2 aliphatic heterocycles. The number of hydrogen-bond donors (Lipinski definition) is 4. The highest BCUT2D eigenvalue weighted by atomic mass is 35.5. The molecule has 2 heterocycles. The van der Waals surface area contributed by atoms with Gasteiger partial charge in [0.1, 0.15) is 18.2 Å². The van der Waals surface area contributed by atoms with Crippen molar-refractivity contribution >= 4 is 46.9 Å². The maximum absolute atomic E-state index is 13.7. The summed E-state index contributed by atoms with van der Waals surface area (Å²) in [5, 5.41) is 8.79. The highest BCUT2D eigenvalue weighted by Crippen LogP contribution is 2.45. The maximum Gasteiger partial charge on any atom is 0.347 e. The summed E-state index contributed by atoms with van der Waals surface area (Å²) in [4.78, 5) is 65.5. The van der Waals surface area contributed by atoms with Gasteiger partial charge in [-0.2, -0.15) is 0 Å². The molecule has 6 atom stereocenters. The Bertz CT molecular complexity index is 1630. The van der Waals surface area contributed by atoms with Gasteiger partial charge in [0.05, 0.1) is 18.1 Å². The average Bonchev–Trinajstić information content (AvgIpc) is 3.88. The van der Waals surface area contributed by atoms with Crippen molar-refractivity contribution in [2.75, 3.05) is 18.4 Å². The van der Waals surface area contributed by atoms with Crippen LogP contribution in [0, 0.1) is 24.2 Å². The van der Waals surface area contributed by atoms with Gasteiger partial charge in [-0.25, -0.2) is 4.79 Å². The lowest BCUT2D eigenvalue weighted by molar-refractivity contribution is -0.179. The predicted octanol–water partition coefficient (Wildman–Crippen LogP) is 4.32. The van der Waals surface area contributed by atoms with Gasteiger partial charge in [-0.15, -0.1) is 0 Å². The predicted molar refractivity (Wildman–Crippen MR) is 192 cm³/mol. The topological polar surface area (TPSA) is 178 Å². The van der Waals surface area contributed by atoms with Gasteiger partial charge in [0.2, 0.25) is 17.7 Å². The summed E-state index contributed by atoms with van der Waals surface area (Å²) in [6.07, 6.45) is 0.896. The van der Waals surface area contributed by atoms with Crippen molar-refractivity contribution in [2.45, 2.75) is 91.3 Å². The van der Waals surface area contributed by atoms with Gasteiger partial charge in [0.15, 0.2) is 6.10 Å². The Morgan fingerprint density at radius 1 is 1.06 bits per heavy atom. The monoisotopic (exact) mass is 724 g/mol. The first-order valence-electron chi connectivity index (χ1n) is 17.2. The molecule has 276 valence electrons. The van der Waals surface area contributed by atoms with Gasteiger partial charge in [-0.3, -0.25) is 19.2 Å². The fourth-order valence-corrected chi connectivity index (χ4v) is 5.92. The Morgan fingerprint density at radius 3 is 2.41 bits per heavy atom. The second-order valence-electron chi connectivity index (χ2n) is 14.3. The van der Waals surface area contributed by atoms with E-state index in [-0.39, 0.29) is 62.3 Å². The molecule has 2 aliphatic rings. The van der Waals surface area contributed by atoms with E-state index >= 15 is 0 Å². The fourth-order valence-electron chi connectivity index (χ4n) is 5.72. The molecule has 2 aromatic carbocycles. The van der Waals surface area contributed by atoms with E-state index in [4.69, 9.17) is 31.5 Å². The number of amides is 3. The lowest BCUT2D eigenvalue weighted by atomic mass is 9.92. The van der Waals surface area contributed by atoms with Gasteiger partial charge in [0.25, 0.3) is 0 Å². The third-order valence-corrected chi connectivity index (χ3v) is 9.41. The summed E-state index contributed by atoms with van der Waals surface area (Å²) in [6.45, 7) is 10.6. The molecule has 51 heavy (non-hydrogen) atoms. The number of rotatable bonds is 9. The summed E-state index contributed by atoms with van der Waals surface area (Å²) in [5.41, 5.74) is 7.28. The lowest BCUT2D eigenvalue weighted by Gasteiger charge is -2.29. The molecule has 0 aromatic heterocycles. The van der Waals surface area contributed by atoms with Crippen molar-refractivity contribution < 1.29 is 38.2 Å². The third kappa shape index (κ3) is 11.1. The minimum atomic E-state index is -1.21. The van der Waals surface area contributed by atoms with Crippen molar-refractivity contribution in [3.63, 3.8) is 0 Å². The number of epoxide rings is 1. The number of hydrogen-bond acceptors (Lipinski definition) is 9. The highest BCUT2D eigenvalue weighted by Gasteiger charge is 2.48. The number of benzene rings is 2. The summed E-state index contributed by atoms with van der Waals surface area (Å²) in [5.74, 6) is -3.03. The van der Waals surface area contributed by atoms with Crippen LogP contribution >= 0.6 is 11.6 Å². The standard InChI is InChI=1S/C38H49ClN4O8/c1-21(2)16-30-36(47)49-29(23(4)33-34(51-33)25-12-14-26(15-13-25)42-32(45)19-40)8-7-9-31(44)43-28(18-24-11-10-22(3)27(39)17-24)35(46)41-20-38(5,6)37(48)50-30/h7,9-15,17,21,23,28-30,33-34H,8,16,18-20,40H2,1-6H3,(H,41,46)(H,42,45)(H,43,44)/b9-7+. The van der Waals surface area contributed by atoms with E-state index in [0.29, 0.717) is 10.7 Å². The van der Waals surface area contributed by atoms with Gasteiger partial charge >= 0.3 is 11.9 Å². The Hall–Kier alpha value is -4.26. The quantitative estimate of drug-likeness (QED) is 0.217. The van der Waals surface area contributed by atoms with Crippen LogP contribution in [-0.2, 0) is 44.6 Å².